The Morgan fingerprint density at radius 2 is 2.26 bits per heavy atom. The summed E-state index contributed by atoms with van der Waals surface area (Å²) in [6.07, 6.45) is 4.12. The van der Waals surface area contributed by atoms with Gasteiger partial charge < -0.3 is 4.90 Å². The SMILES string of the molecule is O=C(c1ccc(Cl)c(F)c1)N1CCCCC1CCBr. The van der Waals surface area contributed by atoms with Crippen molar-refractivity contribution in [1.82, 2.24) is 4.90 Å². The average Bonchev–Trinajstić information content (AvgIpc) is 2.42. The summed E-state index contributed by atoms with van der Waals surface area (Å²) in [5, 5.41) is 0.920. The lowest BCUT2D eigenvalue weighted by Gasteiger charge is -2.35. The summed E-state index contributed by atoms with van der Waals surface area (Å²) in [6, 6.07) is 4.50. The van der Waals surface area contributed by atoms with E-state index in [1.54, 1.807) is 6.07 Å². The molecule has 1 amide bonds. The number of alkyl halides is 1. The highest BCUT2D eigenvalue weighted by atomic mass is 79.9. The van der Waals surface area contributed by atoms with Crippen LogP contribution in [0.15, 0.2) is 18.2 Å². The Morgan fingerprint density at radius 3 is 2.95 bits per heavy atom. The van der Waals surface area contributed by atoms with Crippen molar-refractivity contribution < 1.29 is 9.18 Å². The molecular weight excluding hydrogens is 333 g/mol. The van der Waals surface area contributed by atoms with Gasteiger partial charge in [-0.05, 0) is 43.9 Å². The summed E-state index contributed by atoms with van der Waals surface area (Å²) < 4.78 is 13.4. The first-order valence-electron chi connectivity index (χ1n) is 6.45. The number of hydrogen-bond acceptors (Lipinski definition) is 1. The van der Waals surface area contributed by atoms with Gasteiger partial charge in [-0.2, -0.15) is 0 Å². The van der Waals surface area contributed by atoms with Crippen molar-refractivity contribution in [3.05, 3.63) is 34.6 Å². The molecule has 1 aliphatic rings. The molecule has 0 radical (unpaired) electrons. The van der Waals surface area contributed by atoms with Crippen molar-refractivity contribution in [2.75, 3.05) is 11.9 Å². The Bertz CT molecular complexity index is 467. The zero-order chi connectivity index (χ0) is 13.8. The quantitative estimate of drug-likeness (QED) is 0.747. The maximum absolute atomic E-state index is 13.4. The van der Waals surface area contributed by atoms with Gasteiger partial charge in [0.2, 0.25) is 0 Å². The molecule has 2 nitrogen and oxygen atoms in total. The zero-order valence-electron chi connectivity index (χ0n) is 10.5. The summed E-state index contributed by atoms with van der Waals surface area (Å²) in [7, 11) is 0. The van der Waals surface area contributed by atoms with Crippen LogP contribution in [0.25, 0.3) is 0 Å². The second kappa shape index (κ2) is 6.71. The van der Waals surface area contributed by atoms with E-state index in [4.69, 9.17) is 11.6 Å². The van der Waals surface area contributed by atoms with Gasteiger partial charge in [0, 0.05) is 23.5 Å². The molecule has 0 bridgehead atoms. The molecule has 0 N–H and O–H groups in total. The van der Waals surface area contributed by atoms with Crippen molar-refractivity contribution >= 4 is 33.4 Å². The molecule has 2 rings (SSSR count). The fourth-order valence-electron chi connectivity index (χ4n) is 2.49. The van der Waals surface area contributed by atoms with Gasteiger partial charge in [0.15, 0.2) is 0 Å². The fraction of sp³-hybridized carbons (Fsp3) is 0.500. The largest absolute Gasteiger partial charge is 0.336 e. The molecule has 1 aromatic rings. The van der Waals surface area contributed by atoms with Crippen LogP contribution in [-0.2, 0) is 0 Å². The third-order valence-electron chi connectivity index (χ3n) is 3.50. The maximum atomic E-state index is 13.4. The van der Waals surface area contributed by atoms with E-state index in [2.05, 4.69) is 15.9 Å². The van der Waals surface area contributed by atoms with Crippen LogP contribution < -0.4 is 0 Å². The Morgan fingerprint density at radius 1 is 1.47 bits per heavy atom. The van der Waals surface area contributed by atoms with E-state index in [9.17, 15) is 9.18 Å². The smallest absolute Gasteiger partial charge is 0.254 e. The number of carbonyl (C=O) groups is 1. The normalized spacial score (nSPS) is 19.5. The molecule has 1 unspecified atom stereocenters. The highest BCUT2D eigenvalue weighted by Crippen LogP contribution is 2.24. The molecule has 1 aliphatic heterocycles. The summed E-state index contributed by atoms with van der Waals surface area (Å²) in [5.41, 5.74) is 0.378. The van der Waals surface area contributed by atoms with Gasteiger partial charge in [0.05, 0.1) is 5.02 Å². The number of carbonyl (C=O) groups excluding carboxylic acids is 1. The van der Waals surface area contributed by atoms with Gasteiger partial charge in [-0.15, -0.1) is 0 Å². The minimum Gasteiger partial charge on any atom is -0.336 e. The lowest BCUT2D eigenvalue weighted by Crippen LogP contribution is -2.44. The number of likely N-dealkylation sites (tertiary alicyclic amines) is 1. The van der Waals surface area contributed by atoms with Gasteiger partial charge in [0.1, 0.15) is 5.82 Å². The molecule has 19 heavy (non-hydrogen) atoms. The van der Waals surface area contributed by atoms with Crippen molar-refractivity contribution in [2.45, 2.75) is 31.7 Å². The number of amides is 1. The van der Waals surface area contributed by atoms with E-state index in [0.29, 0.717) is 5.56 Å². The van der Waals surface area contributed by atoms with E-state index < -0.39 is 5.82 Å². The average molecular weight is 349 g/mol. The molecule has 0 aliphatic carbocycles. The second-order valence-corrected chi connectivity index (χ2v) is 5.95. The van der Waals surface area contributed by atoms with Crippen LogP contribution in [-0.4, -0.2) is 28.7 Å². The molecule has 1 fully saturated rings. The van der Waals surface area contributed by atoms with Crippen LogP contribution in [0.5, 0.6) is 0 Å². The number of halogens is 3. The predicted octanol–water partition coefficient (Wildman–Crippen LogP) is 4.26. The summed E-state index contributed by atoms with van der Waals surface area (Å²) in [5.74, 6) is -0.636. The number of piperidine rings is 1. The van der Waals surface area contributed by atoms with Gasteiger partial charge in [0.25, 0.3) is 5.91 Å². The number of hydrogen-bond donors (Lipinski definition) is 0. The zero-order valence-corrected chi connectivity index (χ0v) is 12.9. The number of nitrogens with zero attached hydrogens (tertiary/aromatic N) is 1. The van der Waals surface area contributed by atoms with E-state index >= 15 is 0 Å². The van der Waals surface area contributed by atoms with Crippen LogP contribution in [0.3, 0.4) is 0 Å². The first-order valence-corrected chi connectivity index (χ1v) is 7.95. The standard InChI is InChI=1S/C14H16BrClFNO/c15-7-6-11-3-1-2-8-18(11)14(19)10-4-5-12(16)13(17)9-10/h4-5,9,11H,1-3,6-8H2. The van der Waals surface area contributed by atoms with Crippen LogP contribution in [0.4, 0.5) is 4.39 Å². The third-order valence-corrected chi connectivity index (χ3v) is 4.26. The van der Waals surface area contributed by atoms with Gasteiger partial charge in [-0.1, -0.05) is 27.5 Å². The van der Waals surface area contributed by atoms with Gasteiger partial charge in [-0.3, -0.25) is 4.79 Å². The second-order valence-electron chi connectivity index (χ2n) is 4.75. The van der Waals surface area contributed by atoms with Gasteiger partial charge in [-0.25, -0.2) is 4.39 Å². The molecule has 1 aromatic carbocycles. The summed E-state index contributed by atoms with van der Waals surface area (Å²) >= 11 is 9.07. The molecule has 5 heteroatoms. The predicted molar refractivity (Wildman–Crippen MR) is 78.5 cm³/mol. The Balaban J connectivity index is 2.18. The topological polar surface area (TPSA) is 20.3 Å². The van der Waals surface area contributed by atoms with E-state index in [1.165, 1.54) is 12.1 Å². The monoisotopic (exact) mass is 347 g/mol. The van der Waals surface area contributed by atoms with Crippen molar-refractivity contribution in [3.8, 4) is 0 Å². The van der Waals surface area contributed by atoms with Crippen molar-refractivity contribution in [1.29, 1.82) is 0 Å². The van der Waals surface area contributed by atoms with E-state index in [0.717, 1.165) is 37.6 Å². The first kappa shape index (κ1) is 14.8. The van der Waals surface area contributed by atoms with Crippen LogP contribution in [0.1, 0.15) is 36.0 Å². The number of rotatable bonds is 3. The minimum absolute atomic E-state index is 0.0483. The van der Waals surface area contributed by atoms with Gasteiger partial charge >= 0.3 is 0 Å². The van der Waals surface area contributed by atoms with Crippen molar-refractivity contribution in [3.63, 3.8) is 0 Å². The first-order chi connectivity index (χ1) is 9.13. The van der Waals surface area contributed by atoms with Crippen LogP contribution in [0.2, 0.25) is 5.02 Å². The minimum atomic E-state index is -0.540. The molecule has 1 saturated heterocycles. The lowest BCUT2D eigenvalue weighted by atomic mass is 9.99. The molecular formula is C14H16BrClFNO. The molecule has 0 spiro atoms. The lowest BCUT2D eigenvalue weighted by molar-refractivity contribution is 0.0609. The molecule has 0 aromatic heterocycles. The Kier molecular flexibility index (Phi) is 5.22. The Hall–Kier alpha value is -0.610. The molecule has 1 heterocycles. The van der Waals surface area contributed by atoms with E-state index in [1.807, 2.05) is 4.90 Å². The van der Waals surface area contributed by atoms with E-state index in [-0.39, 0.29) is 17.0 Å². The van der Waals surface area contributed by atoms with Crippen LogP contribution >= 0.6 is 27.5 Å². The molecule has 0 saturated carbocycles. The van der Waals surface area contributed by atoms with Crippen LogP contribution in [0, 0.1) is 5.82 Å². The number of benzene rings is 1. The maximum Gasteiger partial charge on any atom is 0.254 e. The highest BCUT2D eigenvalue weighted by molar-refractivity contribution is 9.09. The molecule has 104 valence electrons. The summed E-state index contributed by atoms with van der Waals surface area (Å²) in [6.45, 7) is 0.751. The fourth-order valence-corrected chi connectivity index (χ4v) is 3.14. The molecule has 1 atom stereocenters. The van der Waals surface area contributed by atoms with Crippen molar-refractivity contribution in [2.24, 2.45) is 0 Å². The Labute approximate surface area is 126 Å². The third kappa shape index (κ3) is 3.48. The highest BCUT2D eigenvalue weighted by Gasteiger charge is 2.27. The summed E-state index contributed by atoms with van der Waals surface area (Å²) in [4.78, 5) is 14.3.